The maximum absolute atomic E-state index is 13.4. The highest BCUT2D eigenvalue weighted by Crippen LogP contribution is 2.42. The van der Waals surface area contributed by atoms with Crippen molar-refractivity contribution in [1.29, 1.82) is 0 Å². The largest absolute Gasteiger partial charge is 0.507 e. The molecule has 27 heavy (non-hydrogen) atoms. The lowest BCUT2D eigenvalue weighted by Crippen LogP contribution is -2.45. The number of halogens is 3. The van der Waals surface area contributed by atoms with E-state index in [2.05, 4.69) is 10.2 Å². The van der Waals surface area contributed by atoms with E-state index in [4.69, 9.17) is 0 Å². The lowest BCUT2D eigenvalue weighted by atomic mass is 9.77. The summed E-state index contributed by atoms with van der Waals surface area (Å²) in [5.74, 6) is 0.296. The molecule has 0 amide bonds. The zero-order chi connectivity index (χ0) is 19.7. The Balaban J connectivity index is 0.00000364. The molecule has 0 spiro atoms. The average molecular weight is 405 g/mol. The molecular formula is C21H35ClF2N2O. The van der Waals surface area contributed by atoms with Gasteiger partial charge in [-0.3, -0.25) is 4.90 Å². The summed E-state index contributed by atoms with van der Waals surface area (Å²) in [7, 11) is 0. The van der Waals surface area contributed by atoms with Crippen LogP contribution in [0.25, 0.3) is 0 Å². The summed E-state index contributed by atoms with van der Waals surface area (Å²) in [5, 5.41) is 14.2. The first-order valence-electron chi connectivity index (χ1n) is 9.52. The van der Waals surface area contributed by atoms with Crippen LogP contribution < -0.4 is 5.32 Å². The van der Waals surface area contributed by atoms with Crippen LogP contribution in [0.5, 0.6) is 5.75 Å². The summed E-state index contributed by atoms with van der Waals surface area (Å²) in [6.07, 6.45) is -2.54. The van der Waals surface area contributed by atoms with Crippen molar-refractivity contribution in [2.75, 3.05) is 26.2 Å². The molecule has 0 unspecified atom stereocenters. The summed E-state index contributed by atoms with van der Waals surface area (Å²) >= 11 is 0. The van der Waals surface area contributed by atoms with Crippen molar-refractivity contribution >= 4 is 12.4 Å². The van der Waals surface area contributed by atoms with E-state index in [-0.39, 0.29) is 35.7 Å². The Hall–Kier alpha value is -0.910. The zero-order valence-corrected chi connectivity index (χ0v) is 18.2. The molecule has 1 heterocycles. The summed E-state index contributed by atoms with van der Waals surface area (Å²) in [5.41, 5.74) is 2.02. The van der Waals surface area contributed by atoms with Gasteiger partial charge in [0.2, 0.25) is 6.43 Å². The van der Waals surface area contributed by atoms with Crippen LogP contribution in [0.2, 0.25) is 0 Å². The summed E-state index contributed by atoms with van der Waals surface area (Å²) in [6, 6.07) is 3.55. The van der Waals surface area contributed by atoms with E-state index in [0.29, 0.717) is 5.75 Å². The van der Waals surface area contributed by atoms with E-state index in [1.54, 1.807) is 0 Å². The van der Waals surface area contributed by atoms with Crippen molar-refractivity contribution in [2.24, 2.45) is 0 Å². The quantitative estimate of drug-likeness (QED) is 0.740. The maximum atomic E-state index is 13.4. The molecule has 1 aliphatic rings. The molecule has 1 atom stereocenters. The molecule has 1 fully saturated rings. The minimum absolute atomic E-state index is 0. The van der Waals surface area contributed by atoms with Gasteiger partial charge in [-0.05, 0) is 39.7 Å². The van der Waals surface area contributed by atoms with Crippen LogP contribution in [0, 0.1) is 0 Å². The Labute approximate surface area is 168 Å². The first-order chi connectivity index (χ1) is 11.9. The van der Waals surface area contributed by atoms with Crippen molar-refractivity contribution in [3.05, 3.63) is 28.8 Å². The molecule has 156 valence electrons. The average Bonchev–Trinajstić information content (AvgIpc) is 2.51. The van der Waals surface area contributed by atoms with Crippen molar-refractivity contribution in [3.63, 3.8) is 0 Å². The number of piperazine rings is 1. The van der Waals surface area contributed by atoms with E-state index >= 15 is 0 Å². The fraction of sp³-hybridized carbons (Fsp3) is 0.714. The molecule has 0 aromatic heterocycles. The van der Waals surface area contributed by atoms with Gasteiger partial charge in [-0.2, -0.15) is 0 Å². The topological polar surface area (TPSA) is 35.5 Å². The second-order valence-corrected chi connectivity index (χ2v) is 9.39. The highest BCUT2D eigenvalue weighted by molar-refractivity contribution is 5.85. The molecule has 0 radical (unpaired) electrons. The Morgan fingerprint density at radius 3 is 1.81 bits per heavy atom. The number of alkyl halides is 2. The number of benzene rings is 1. The van der Waals surface area contributed by atoms with Crippen LogP contribution in [0.4, 0.5) is 8.78 Å². The summed E-state index contributed by atoms with van der Waals surface area (Å²) < 4.78 is 26.8. The Morgan fingerprint density at radius 2 is 1.44 bits per heavy atom. The molecule has 0 bridgehead atoms. The Kier molecular flexibility index (Phi) is 8.10. The normalized spacial score (nSPS) is 17.7. The number of phenols is 1. The van der Waals surface area contributed by atoms with Crippen LogP contribution in [-0.4, -0.2) is 42.6 Å². The van der Waals surface area contributed by atoms with E-state index in [1.165, 1.54) is 0 Å². The molecule has 1 aliphatic heterocycles. The van der Waals surface area contributed by atoms with Gasteiger partial charge < -0.3 is 10.4 Å². The molecule has 2 rings (SSSR count). The molecule has 6 heteroatoms. The lowest BCUT2D eigenvalue weighted by Gasteiger charge is -2.37. The SMILES string of the molecule is CC(C)(C)c1cc([C@H](CC(F)F)N2CCNCC2)cc(C(C)(C)C)c1O.Cl. The first kappa shape index (κ1) is 24.1. The third kappa shape index (κ3) is 6.03. The minimum atomic E-state index is -2.36. The van der Waals surface area contributed by atoms with Crippen LogP contribution in [0.3, 0.4) is 0 Å². The van der Waals surface area contributed by atoms with Crippen molar-refractivity contribution in [2.45, 2.75) is 71.3 Å². The molecule has 0 aliphatic carbocycles. The predicted octanol–water partition coefficient (Wildman–Crippen LogP) is 5.01. The fourth-order valence-electron chi connectivity index (χ4n) is 3.65. The second kappa shape index (κ2) is 9.06. The van der Waals surface area contributed by atoms with Crippen LogP contribution >= 0.6 is 12.4 Å². The van der Waals surface area contributed by atoms with Gasteiger partial charge in [0.05, 0.1) is 0 Å². The van der Waals surface area contributed by atoms with Gasteiger partial charge in [-0.1, -0.05) is 41.5 Å². The number of hydrogen-bond donors (Lipinski definition) is 2. The molecule has 1 aromatic rings. The van der Waals surface area contributed by atoms with Crippen LogP contribution in [0.15, 0.2) is 12.1 Å². The van der Waals surface area contributed by atoms with Gasteiger partial charge in [0, 0.05) is 38.6 Å². The summed E-state index contributed by atoms with van der Waals surface area (Å²) in [4.78, 5) is 2.15. The van der Waals surface area contributed by atoms with E-state index < -0.39 is 6.43 Å². The van der Waals surface area contributed by atoms with Gasteiger partial charge in [0.25, 0.3) is 0 Å². The smallest absolute Gasteiger partial charge is 0.240 e. The van der Waals surface area contributed by atoms with Gasteiger partial charge >= 0.3 is 0 Å². The van der Waals surface area contributed by atoms with E-state index in [0.717, 1.165) is 42.9 Å². The highest BCUT2D eigenvalue weighted by Gasteiger charge is 2.31. The molecular weight excluding hydrogens is 370 g/mol. The number of phenolic OH excluding ortho intramolecular Hbond substituents is 1. The van der Waals surface area contributed by atoms with Crippen LogP contribution in [0.1, 0.15) is 70.7 Å². The Morgan fingerprint density at radius 1 is 1.00 bits per heavy atom. The molecule has 2 N–H and O–H groups in total. The van der Waals surface area contributed by atoms with Crippen molar-refractivity contribution in [1.82, 2.24) is 10.2 Å². The monoisotopic (exact) mass is 404 g/mol. The Bertz CT molecular complexity index is 583. The third-order valence-corrected chi connectivity index (χ3v) is 5.13. The van der Waals surface area contributed by atoms with Crippen molar-refractivity contribution < 1.29 is 13.9 Å². The minimum Gasteiger partial charge on any atom is -0.507 e. The lowest BCUT2D eigenvalue weighted by molar-refractivity contribution is 0.0738. The van der Waals surface area contributed by atoms with Gasteiger partial charge in [0.15, 0.2) is 0 Å². The van der Waals surface area contributed by atoms with Gasteiger partial charge in [-0.25, -0.2) is 8.78 Å². The summed E-state index contributed by atoms with van der Waals surface area (Å²) in [6.45, 7) is 15.4. The van der Waals surface area contributed by atoms with E-state index in [1.807, 2.05) is 53.7 Å². The maximum Gasteiger partial charge on any atom is 0.240 e. The standard InChI is InChI=1S/C21H34F2N2O.ClH/c1-20(2,3)15-11-14(12-16(19(15)26)21(4,5)6)17(13-18(22)23)25-9-7-24-8-10-25;/h11-12,17-18,24,26H,7-10,13H2,1-6H3;1H/t17-;/m0./s1. The van der Waals surface area contributed by atoms with Gasteiger partial charge in [-0.15, -0.1) is 12.4 Å². The number of rotatable bonds is 4. The molecule has 3 nitrogen and oxygen atoms in total. The van der Waals surface area contributed by atoms with Crippen molar-refractivity contribution in [3.8, 4) is 5.75 Å². The molecule has 0 saturated carbocycles. The predicted molar refractivity (Wildman–Crippen MR) is 111 cm³/mol. The highest BCUT2D eigenvalue weighted by atomic mass is 35.5. The zero-order valence-electron chi connectivity index (χ0n) is 17.4. The third-order valence-electron chi connectivity index (χ3n) is 5.13. The number of hydrogen-bond acceptors (Lipinski definition) is 3. The number of nitrogens with zero attached hydrogens (tertiary/aromatic N) is 1. The second-order valence-electron chi connectivity index (χ2n) is 9.39. The number of nitrogens with one attached hydrogen (secondary N) is 1. The van der Waals surface area contributed by atoms with E-state index in [9.17, 15) is 13.9 Å². The number of aromatic hydroxyl groups is 1. The molecule has 1 saturated heterocycles. The molecule has 1 aromatic carbocycles. The first-order valence-corrected chi connectivity index (χ1v) is 9.52. The van der Waals surface area contributed by atoms with Gasteiger partial charge in [0.1, 0.15) is 5.75 Å². The van der Waals surface area contributed by atoms with Crippen LogP contribution in [-0.2, 0) is 10.8 Å². The fourth-order valence-corrected chi connectivity index (χ4v) is 3.65.